The Labute approximate surface area is 243 Å². The van der Waals surface area contributed by atoms with Crippen LogP contribution in [0.5, 0.6) is 0 Å². The molecule has 0 aromatic carbocycles. The Hall–Kier alpha value is -2.57. The van der Waals surface area contributed by atoms with Crippen LogP contribution in [0.4, 0.5) is 9.59 Å². The second-order valence-electron chi connectivity index (χ2n) is 9.32. The maximum Gasteiger partial charge on any atom is 0.510 e. The molecule has 41 heavy (non-hydrogen) atoms. The molecule has 0 bridgehead atoms. The lowest BCUT2D eigenvalue weighted by Crippen LogP contribution is -2.46. The molecule has 0 aromatic heterocycles. The van der Waals surface area contributed by atoms with Gasteiger partial charge >= 0.3 is 26.0 Å². The summed E-state index contributed by atoms with van der Waals surface area (Å²) in [5.74, 6) is -1.61. The van der Waals surface area contributed by atoms with Crippen molar-refractivity contribution < 1.29 is 52.1 Å². The third kappa shape index (κ3) is 17.1. The van der Waals surface area contributed by atoms with Gasteiger partial charge in [-0.25, -0.2) is 28.0 Å². The summed E-state index contributed by atoms with van der Waals surface area (Å²) in [4.78, 5) is 37.4. The minimum atomic E-state index is -4.71. The van der Waals surface area contributed by atoms with E-state index < -0.39 is 50.6 Å². The van der Waals surface area contributed by atoms with E-state index in [0.29, 0.717) is 32.1 Å². The summed E-state index contributed by atoms with van der Waals surface area (Å²) in [6.45, 7) is 9.57. The number of carboxylic acid groups (broad SMARTS) is 1. The number of carboxylic acids is 1. The smallest absolute Gasteiger partial charge is 0.480 e. The largest absolute Gasteiger partial charge is 0.510 e. The van der Waals surface area contributed by atoms with Crippen molar-refractivity contribution in [2.24, 2.45) is 10.5 Å². The number of ether oxygens (including phenoxy) is 4. The summed E-state index contributed by atoms with van der Waals surface area (Å²) in [6.07, 6.45) is 0.581. The van der Waals surface area contributed by atoms with Crippen LogP contribution < -0.4 is 5.73 Å². The van der Waals surface area contributed by atoms with E-state index in [-0.39, 0.29) is 32.5 Å². The summed E-state index contributed by atoms with van der Waals surface area (Å²) in [5.41, 5.74) is 6.09. The van der Waals surface area contributed by atoms with Gasteiger partial charge in [0.2, 0.25) is 18.5 Å². The highest BCUT2D eigenvalue weighted by molar-refractivity contribution is 7.52. The molecule has 0 spiro atoms. The minimum Gasteiger partial charge on any atom is -0.480 e. The summed E-state index contributed by atoms with van der Waals surface area (Å²) in [5, 5.41) is 9.70. The van der Waals surface area contributed by atoms with E-state index in [1.807, 2.05) is 20.8 Å². The van der Waals surface area contributed by atoms with E-state index in [4.69, 9.17) is 33.7 Å². The molecule has 0 aliphatic carbocycles. The van der Waals surface area contributed by atoms with Gasteiger partial charge < -0.3 is 34.7 Å². The highest BCUT2D eigenvalue weighted by atomic mass is 31.2. The summed E-state index contributed by atoms with van der Waals surface area (Å²) in [7, 11) is -3.33. The highest BCUT2D eigenvalue weighted by Crippen LogP contribution is 2.53. The number of carbonyl (C=O) groups excluding carboxylic acids is 2. The van der Waals surface area contributed by atoms with Crippen molar-refractivity contribution in [1.29, 1.82) is 0 Å². The van der Waals surface area contributed by atoms with Crippen molar-refractivity contribution in [3.05, 3.63) is 0 Å². The fourth-order valence-corrected chi connectivity index (χ4v) is 4.65. The average molecular weight is 612 g/mol. The number of aliphatic carboxylic acids is 1. The molecule has 0 aliphatic heterocycles. The van der Waals surface area contributed by atoms with Crippen molar-refractivity contribution >= 4 is 32.0 Å². The van der Waals surface area contributed by atoms with Gasteiger partial charge in [-0.05, 0) is 19.3 Å². The van der Waals surface area contributed by atoms with Crippen molar-refractivity contribution in [2.45, 2.75) is 124 Å². The van der Waals surface area contributed by atoms with E-state index >= 15 is 0 Å². The molecule has 0 aromatic rings. The van der Waals surface area contributed by atoms with Gasteiger partial charge in [-0.2, -0.15) is 0 Å². The molecule has 240 valence electrons. The lowest BCUT2D eigenvalue weighted by molar-refractivity contribution is -0.141. The lowest BCUT2D eigenvalue weighted by atomic mass is 10.1. The number of nitrogens with zero attached hydrogens (tertiary/aromatic N) is 2. The monoisotopic (exact) mass is 611 g/mol. The van der Waals surface area contributed by atoms with Gasteiger partial charge in [0, 0.05) is 19.9 Å². The van der Waals surface area contributed by atoms with Crippen LogP contribution in [-0.4, -0.2) is 73.1 Å². The quantitative estimate of drug-likeness (QED) is 0.0353. The van der Waals surface area contributed by atoms with Crippen LogP contribution in [0.1, 0.15) is 105 Å². The molecule has 0 fully saturated rings. The zero-order chi connectivity index (χ0) is 31.3. The molecule has 15 heteroatoms. The Morgan fingerprint density at radius 2 is 1.22 bits per heavy atom. The first-order valence-electron chi connectivity index (χ1n) is 14.4. The number of hydrogen-bond donors (Lipinski definition) is 2. The number of guanidine groups is 1. The van der Waals surface area contributed by atoms with Crippen LogP contribution in [0.3, 0.4) is 0 Å². The molecule has 3 atom stereocenters. The lowest BCUT2D eigenvalue weighted by Gasteiger charge is -2.28. The summed E-state index contributed by atoms with van der Waals surface area (Å²) >= 11 is 0. The van der Waals surface area contributed by atoms with E-state index in [0.717, 1.165) is 24.2 Å². The Morgan fingerprint density at radius 1 is 0.780 bits per heavy atom. The topological polar surface area (TPSA) is 186 Å². The molecule has 0 saturated carbocycles. The van der Waals surface area contributed by atoms with Gasteiger partial charge in [0.05, 0.1) is 13.2 Å². The van der Waals surface area contributed by atoms with E-state index in [1.165, 1.54) is 7.05 Å². The predicted octanol–water partition coefficient (Wildman–Crippen LogP) is 6.18. The molecule has 0 amide bonds. The third-order valence-corrected chi connectivity index (χ3v) is 7.06. The summed E-state index contributed by atoms with van der Waals surface area (Å²) in [6, 6.07) is -1.07. The van der Waals surface area contributed by atoms with Crippen LogP contribution in [0.15, 0.2) is 4.76 Å². The minimum absolute atomic E-state index is 0.0914. The zero-order valence-electron chi connectivity index (χ0n) is 25.4. The Balaban J connectivity index is 6.21. The second-order valence-corrected chi connectivity index (χ2v) is 10.9. The average Bonchev–Trinajstić information content (AvgIpc) is 2.88. The van der Waals surface area contributed by atoms with Crippen LogP contribution in [0.2, 0.25) is 0 Å². The summed E-state index contributed by atoms with van der Waals surface area (Å²) < 4.78 is 49.6. The fourth-order valence-electron chi connectivity index (χ4n) is 3.23. The predicted molar refractivity (Wildman–Crippen MR) is 152 cm³/mol. The number of carbonyl (C=O) groups is 3. The SMILES string of the molecule is CCCCOC(=O)OC(CCC)OP(=O)(N=C(N)N(C)C(CCCC)C(=O)O)OC(CCC)OC(=O)OCCCC. The van der Waals surface area contributed by atoms with Crippen LogP contribution >= 0.6 is 7.75 Å². The molecule has 0 saturated heterocycles. The molecule has 0 rings (SSSR count). The normalized spacial score (nSPS) is 15.2. The van der Waals surface area contributed by atoms with Crippen molar-refractivity contribution in [1.82, 2.24) is 4.90 Å². The van der Waals surface area contributed by atoms with Crippen LogP contribution in [-0.2, 0) is 37.4 Å². The first-order chi connectivity index (χ1) is 19.5. The van der Waals surface area contributed by atoms with Crippen molar-refractivity contribution in [3.63, 3.8) is 0 Å². The molecule has 14 nitrogen and oxygen atoms in total. The standard InChI is InChI=1S/C26H50N3O11P/c1-7-12-17-20(23(30)31)29(6)24(27)28-41(34,39-21(15-10-4)37-25(32)35-18-13-8-2)40-22(16-11-5)38-26(33)36-19-14-9-3/h20-22H,7-19H2,1-6H3,(H,30,31)(H2,27,28,34). The van der Waals surface area contributed by atoms with Gasteiger partial charge in [0.15, 0.2) is 0 Å². The van der Waals surface area contributed by atoms with Crippen molar-refractivity contribution in [3.8, 4) is 0 Å². The molecule has 0 radical (unpaired) electrons. The maximum absolute atomic E-state index is 14.0. The fraction of sp³-hybridized carbons (Fsp3) is 0.846. The van der Waals surface area contributed by atoms with Gasteiger partial charge in [-0.3, -0.25) is 0 Å². The van der Waals surface area contributed by atoms with E-state index in [1.54, 1.807) is 13.8 Å². The third-order valence-electron chi connectivity index (χ3n) is 5.61. The van der Waals surface area contributed by atoms with Gasteiger partial charge in [-0.1, -0.05) is 73.1 Å². The number of rotatable bonds is 22. The Kier molecular flexibility index (Phi) is 20.7. The van der Waals surface area contributed by atoms with Crippen molar-refractivity contribution in [2.75, 3.05) is 20.3 Å². The molecular weight excluding hydrogens is 561 g/mol. The Bertz CT molecular complexity index is 803. The number of hydrogen-bond acceptors (Lipinski definition) is 10. The molecule has 0 aliphatic rings. The van der Waals surface area contributed by atoms with Gasteiger partial charge in [0.25, 0.3) is 0 Å². The van der Waals surface area contributed by atoms with Crippen LogP contribution in [0, 0.1) is 0 Å². The second kappa shape index (κ2) is 22.1. The number of unbranched alkanes of at least 4 members (excludes halogenated alkanes) is 3. The van der Waals surface area contributed by atoms with Gasteiger partial charge in [0.1, 0.15) is 6.04 Å². The molecule has 0 heterocycles. The zero-order valence-corrected chi connectivity index (χ0v) is 26.3. The molecular formula is C26H50N3O11P. The van der Waals surface area contributed by atoms with Crippen LogP contribution in [0.25, 0.3) is 0 Å². The number of nitrogens with two attached hydrogens (primary N) is 1. The first kappa shape index (κ1) is 38.4. The molecule has 3 unspecified atom stereocenters. The highest BCUT2D eigenvalue weighted by Gasteiger charge is 2.37. The molecule has 3 N–H and O–H groups in total. The Morgan fingerprint density at radius 3 is 1.59 bits per heavy atom. The van der Waals surface area contributed by atoms with E-state index in [2.05, 4.69) is 4.76 Å². The first-order valence-corrected chi connectivity index (χ1v) is 15.9. The van der Waals surface area contributed by atoms with Gasteiger partial charge in [-0.15, -0.1) is 4.76 Å². The number of likely N-dealkylation sites (N-methyl/N-ethyl adjacent to an activating group) is 1. The van der Waals surface area contributed by atoms with E-state index in [9.17, 15) is 24.1 Å². The maximum atomic E-state index is 14.0.